The molecule has 0 unspecified atom stereocenters. The van der Waals surface area contributed by atoms with Gasteiger partial charge in [0.05, 0.1) is 5.56 Å². The first-order valence-corrected chi connectivity index (χ1v) is 6.60. The normalized spacial score (nSPS) is 10.6. The highest BCUT2D eigenvalue weighted by atomic mass is 16.5. The van der Waals surface area contributed by atoms with Crippen molar-refractivity contribution < 1.29 is 9.53 Å². The summed E-state index contributed by atoms with van der Waals surface area (Å²) >= 11 is 0. The zero-order chi connectivity index (χ0) is 14.4. The lowest BCUT2D eigenvalue weighted by molar-refractivity contribution is 0.0472. The average Bonchev–Trinajstić information content (AvgIpc) is 2.46. The van der Waals surface area contributed by atoms with Crippen LogP contribution in [0, 0.1) is 0 Å². The highest BCUT2D eigenvalue weighted by Gasteiger charge is 2.07. The first kappa shape index (κ1) is 14.3. The SMILES string of the molecule is CN(C)Cc1ccc(C(=O)OCc2ccccc2)cc1. The van der Waals surface area contributed by atoms with Gasteiger partial charge < -0.3 is 9.64 Å². The quantitative estimate of drug-likeness (QED) is 0.781. The molecule has 0 atom stereocenters. The molecule has 0 aliphatic carbocycles. The molecule has 0 fully saturated rings. The molecule has 2 aromatic carbocycles. The average molecular weight is 269 g/mol. The monoisotopic (exact) mass is 269 g/mol. The molecule has 0 aromatic heterocycles. The van der Waals surface area contributed by atoms with Gasteiger partial charge in [0, 0.05) is 6.54 Å². The summed E-state index contributed by atoms with van der Waals surface area (Å²) in [5.41, 5.74) is 2.75. The van der Waals surface area contributed by atoms with Crippen molar-refractivity contribution >= 4 is 5.97 Å². The maximum absolute atomic E-state index is 11.9. The summed E-state index contributed by atoms with van der Waals surface area (Å²) in [5.74, 6) is -0.287. The third-order valence-corrected chi connectivity index (χ3v) is 2.90. The fraction of sp³-hybridized carbons (Fsp3) is 0.235. The van der Waals surface area contributed by atoms with E-state index in [1.807, 2.05) is 68.7 Å². The van der Waals surface area contributed by atoms with Gasteiger partial charge in [-0.05, 0) is 37.4 Å². The van der Waals surface area contributed by atoms with Crippen LogP contribution in [0.25, 0.3) is 0 Å². The van der Waals surface area contributed by atoms with Crippen LogP contribution in [0.1, 0.15) is 21.5 Å². The van der Waals surface area contributed by atoms with E-state index in [0.29, 0.717) is 12.2 Å². The van der Waals surface area contributed by atoms with Crippen LogP contribution in [-0.4, -0.2) is 25.0 Å². The van der Waals surface area contributed by atoms with Gasteiger partial charge >= 0.3 is 5.97 Å². The molecule has 0 radical (unpaired) electrons. The summed E-state index contributed by atoms with van der Waals surface area (Å²) in [7, 11) is 4.03. The lowest BCUT2D eigenvalue weighted by atomic mass is 10.1. The molecule has 0 saturated heterocycles. The summed E-state index contributed by atoms with van der Waals surface area (Å²) in [5, 5.41) is 0. The highest BCUT2D eigenvalue weighted by Crippen LogP contribution is 2.09. The molecule has 0 bridgehead atoms. The molecule has 0 spiro atoms. The topological polar surface area (TPSA) is 29.5 Å². The maximum atomic E-state index is 11.9. The second kappa shape index (κ2) is 6.87. The molecule has 20 heavy (non-hydrogen) atoms. The minimum absolute atomic E-state index is 0.287. The van der Waals surface area contributed by atoms with Crippen molar-refractivity contribution in [3.05, 3.63) is 71.3 Å². The Kier molecular flexibility index (Phi) is 4.91. The standard InChI is InChI=1S/C17H19NO2/c1-18(2)12-14-8-10-16(11-9-14)17(19)20-13-15-6-4-3-5-7-15/h3-11H,12-13H2,1-2H3. The lowest BCUT2D eigenvalue weighted by Crippen LogP contribution is -2.11. The van der Waals surface area contributed by atoms with Crippen molar-refractivity contribution in [2.24, 2.45) is 0 Å². The first-order chi connectivity index (χ1) is 9.65. The summed E-state index contributed by atoms with van der Waals surface area (Å²) in [6, 6.07) is 17.2. The van der Waals surface area contributed by atoms with Crippen LogP contribution in [0.15, 0.2) is 54.6 Å². The molecule has 0 heterocycles. The van der Waals surface area contributed by atoms with E-state index < -0.39 is 0 Å². The van der Waals surface area contributed by atoms with Gasteiger partial charge in [0.1, 0.15) is 6.61 Å². The minimum Gasteiger partial charge on any atom is -0.457 e. The molecule has 0 saturated carbocycles. The fourth-order valence-electron chi connectivity index (χ4n) is 1.92. The molecule has 3 heteroatoms. The largest absolute Gasteiger partial charge is 0.457 e. The van der Waals surface area contributed by atoms with Crippen molar-refractivity contribution in [2.75, 3.05) is 14.1 Å². The number of esters is 1. The van der Waals surface area contributed by atoms with Gasteiger partial charge in [0.2, 0.25) is 0 Å². The van der Waals surface area contributed by atoms with Crippen LogP contribution in [0.3, 0.4) is 0 Å². The number of carbonyl (C=O) groups excluding carboxylic acids is 1. The van der Waals surface area contributed by atoms with Gasteiger partial charge in [0.25, 0.3) is 0 Å². The number of ether oxygens (including phenoxy) is 1. The van der Waals surface area contributed by atoms with E-state index in [4.69, 9.17) is 4.74 Å². The Bertz CT molecular complexity index is 547. The third-order valence-electron chi connectivity index (χ3n) is 2.90. The Balaban J connectivity index is 1.92. The number of carbonyl (C=O) groups is 1. The molecule has 2 rings (SSSR count). The number of hydrogen-bond donors (Lipinski definition) is 0. The molecular weight excluding hydrogens is 250 g/mol. The minimum atomic E-state index is -0.287. The van der Waals surface area contributed by atoms with Crippen molar-refractivity contribution in [2.45, 2.75) is 13.2 Å². The Labute approximate surface area is 119 Å². The second-order valence-corrected chi connectivity index (χ2v) is 5.00. The van der Waals surface area contributed by atoms with Crippen LogP contribution in [0.2, 0.25) is 0 Å². The summed E-state index contributed by atoms with van der Waals surface area (Å²) < 4.78 is 5.29. The van der Waals surface area contributed by atoms with Crippen LogP contribution in [0.4, 0.5) is 0 Å². The Morgan fingerprint density at radius 1 is 0.950 bits per heavy atom. The van der Waals surface area contributed by atoms with Gasteiger partial charge in [-0.2, -0.15) is 0 Å². The van der Waals surface area contributed by atoms with Gasteiger partial charge in [-0.3, -0.25) is 0 Å². The number of rotatable bonds is 5. The van der Waals surface area contributed by atoms with Gasteiger partial charge in [0.15, 0.2) is 0 Å². The lowest BCUT2D eigenvalue weighted by Gasteiger charge is -2.10. The van der Waals surface area contributed by atoms with Crippen molar-refractivity contribution in [3.8, 4) is 0 Å². The predicted molar refractivity (Wildman–Crippen MR) is 79.4 cm³/mol. The summed E-state index contributed by atoms with van der Waals surface area (Å²) in [4.78, 5) is 14.0. The van der Waals surface area contributed by atoms with E-state index >= 15 is 0 Å². The van der Waals surface area contributed by atoms with Crippen molar-refractivity contribution in [1.82, 2.24) is 4.90 Å². The molecule has 0 amide bonds. The molecule has 3 nitrogen and oxygen atoms in total. The van der Waals surface area contributed by atoms with E-state index in [9.17, 15) is 4.79 Å². The van der Waals surface area contributed by atoms with Crippen LogP contribution < -0.4 is 0 Å². The molecule has 0 aliphatic heterocycles. The third kappa shape index (κ3) is 4.21. The zero-order valence-electron chi connectivity index (χ0n) is 11.9. The summed E-state index contributed by atoms with van der Waals surface area (Å²) in [6.07, 6.45) is 0. The van der Waals surface area contributed by atoms with E-state index in [1.165, 1.54) is 5.56 Å². The molecule has 0 aliphatic rings. The summed E-state index contributed by atoms with van der Waals surface area (Å²) in [6.45, 7) is 1.17. The molecule has 0 N–H and O–H groups in total. The second-order valence-electron chi connectivity index (χ2n) is 5.00. The Hall–Kier alpha value is -2.13. The number of benzene rings is 2. The maximum Gasteiger partial charge on any atom is 0.338 e. The molecule has 2 aromatic rings. The fourth-order valence-corrected chi connectivity index (χ4v) is 1.92. The zero-order valence-corrected chi connectivity index (χ0v) is 11.9. The number of nitrogens with zero attached hydrogens (tertiary/aromatic N) is 1. The van der Waals surface area contributed by atoms with Crippen molar-refractivity contribution in [1.29, 1.82) is 0 Å². The first-order valence-electron chi connectivity index (χ1n) is 6.60. The van der Waals surface area contributed by atoms with Crippen molar-refractivity contribution in [3.63, 3.8) is 0 Å². The highest BCUT2D eigenvalue weighted by molar-refractivity contribution is 5.89. The predicted octanol–water partition coefficient (Wildman–Crippen LogP) is 3.11. The van der Waals surface area contributed by atoms with E-state index in [1.54, 1.807) is 0 Å². The molecule has 104 valence electrons. The molecular formula is C17H19NO2. The van der Waals surface area contributed by atoms with Crippen LogP contribution in [-0.2, 0) is 17.9 Å². The van der Waals surface area contributed by atoms with Gasteiger partial charge in [-0.15, -0.1) is 0 Å². The number of hydrogen-bond acceptors (Lipinski definition) is 3. The Morgan fingerprint density at radius 3 is 2.20 bits per heavy atom. The van der Waals surface area contributed by atoms with Gasteiger partial charge in [-0.1, -0.05) is 42.5 Å². The van der Waals surface area contributed by atoms with Crippen LogP contribution >= 0.6 is 0 Å². The van der Waals surface area contributed by atoms with E-state index in [-0.39, 0.29) is 5.97 Å². The Morgan fingerprint density at radius 2 is 1.60 bits per heavy atom. The van der Waals surface area contributed by atoms with Crippen LogP contribution in [0.5, 0.6) is 0 Å². The smallest absolute Gasteiger partial charge is 0.338 e. The van der Waals surface area contributed by atoms with E-state index in [2.05, 4.69) is 4.90 Å². The van der Waals surface area contributed by atoms with Gasteiger partial charge in [-0.25, -0.2) is 4.79 Å². The van der Waals surface area contributed by atoms with E-state index in [0.717, 1.165) is 12.1 Å².